The predicted octanol–water partition coefficient (Wildman–Crippen LogP) is 7.87. The number of hydrogen-bond acceptors (Lipinski definition) is 4. The third-order valence-corrected chi connectivity index (χ3v) is 5.83. The molecule has 172 valence electrons. The van der Waals surface area contributed by atoms with E-state index in [0.29, 0.717) is 11.7 Å². The Balaban J connectivity index is 1.63. The number of ether oxygens (including phenoxy) is 2. The highest BCUT2D eigenvalue weighted by molar-refractivity contribution is 5.56. The lowest BCUT2D eigenvalue weighted by Crippen LogP contribution is -2.03. The van der Waals surface area contributed by atoms with Crippen LogP contribution < -0.4 is 9.47 Å². The minimum atomic E-state index is 0.703. The first-order chi connectivity index (χ1) is 15.2. The van der Waals surface area contributed by atoms with Crippen LogP contribution in [0.15, 0.2) is 36.7 Å². The summed E-state index contributed by atoms with van der Waals surface area (Å²) in [7, 11) is 0. The van der Waals surface area contributed by atoms with E-state index in [9.17, 15) is 0 Å². The molecule has 4 nitrogen and oxygen atoms in total. The summed E-state index contributed by atoms with van der Waals surface area (Å²) < 4.78 is 11.6. The molecule has 0 fully saturated rings. The van der Waals surface area contributed by atoms with Gasteiger partial charge in [0.25, 0.3) is 0 Å². The van der Waals surface area contributed by atoms with Gasteiger partial charge in [-0.25, -0.2) is 9.97 Å². The lowest BCUT2D eigenvalue weighted by atomic mass is 10.1. The number of benzene rings is 1. The van der Waals surface area contributed by atoms with Gasteiger partial charge in [0.05, 0.1) is 25.6 Å². The molecule has 0 aliphatic carbocycles. The van der Waals surface area contributed by atoms with Gasteiger partial charge in [0.1, 0.15) is 5.75 Å². The molecule has 0 aliphatic heterocycles. The van der Waals surface area contributed by atoms with Gasteiger partial charge in [0.15, 0.2) is 11.6 Å². The lowest BCUT2D eigenvalue weighted by Gasteiger charge is -2.10. The Kier molecular flexibility index (Phi) is 12.7. The largest absolute Gasteiger partial charge is 0.494 e. The van der Waals surface area contributed by atoms with E-state index in [1.807, 2.05) is 24.3 Å². The zero-order valence-electron chi connectivity index (χ0n) is 19.9. The number of hydrogen-bond donors (Lipinski definition) is 0. The molecule has 31 heavy (non-hydrogen) atoms. The topological polar surface area (TPSA) is 44.2 Å². The van der Waals surface area contributed by atoms with Gasteiger partial charge in [-0.2, -0.15) is 0 Å². The summed E-state index contributed by atoms with van der Waals surface area (Å²) in [6.07, 6.45) is 17.7. The molecular formula is C27H42N2O2. The molecule has 2 rings (SSSR count). The molecule has 1 atom stereocenters. The van der Waals surface area contributed by atoms with Crippen molar-refractivity contribution in [3.05, 3.63) is 36.7 Å². The van der Waals surface area contributed by atoms with E-state index in [1.54, 1.807) is 12.4 Å². The average molecular weight is 427 g/mol. The third-order valence-electron chi connectivity index (χ3n) is 5.83. The number of unbranched alkanes of at least 4 members (excludes halogenated alkanes) is 8. The van der Waals surface area contributed by atoms with Gasteiger partial charge in [-0.05, 0) is 43.0 Å². The minimum Gasteiger partial charge on any atom is -0.494 e. The summed E-state index contributed by atoms with van der Waals surface area (Å²) in [5.74, 6) is 3.05. The Labute approximate surface area is 189 Å². The first-order valence-corrected chi connectivity index (χ1v) is 12.4. The molecule has 0 bridgehead atoms. The Morgan fingerprint density at radius 2 is 1.29 bits per heavy atom. The van der Waals surface area contributed by atoms with E-state index in [1.165, 1.54) is 57.8 Å². The van der Waals surface area contributed by atoms with Gasteiger partial charge in [-0.1, -0.05) is 78.6 Å². The van der Waals surface area contributed by atoms with Crippen molar-refractivity contribution in [1.82, 2.24) is 9.97 Å². The summed E-state index contributed by atoms with van der Waals surface area (Å²) in [5, 5.41) is 0. The van der Waals surface area contributed by atoms with Crippen molar-refractivity contribution in [2.75, 3.05) is 13.2 Å². The van der Waals surface area contributed by atoms with Crippen LogP contribution in [0.25, 0.3) is 11.4 Å². The van der Waals surface area contributed by atoms with E-state index in [2.05, 4.69) is 30.7 Å². The summed E-state index contributed by atoms with van der Waals surface area (Å²) in [6.45, 7) is 8.24. The van der Waals surface area contributed by atoms with Gasteiger partial charge < -0.3 is 9.47 Å². The van der Waals surface area contributed by atoms with E-state index in [-0.39, 0.29) is 0 Å². The van der Waals surface area contributed by atoms with Crippen LogP contribution in [0, 0.1) is 5.92 Å². The second-order valence-corrected chi connectivity index (χ2v) is 8.59. The Bertz CT molecular complexity index is 685. The highest BCUT2D eigenvalue weighted by Gasteiger charge is 2.04. The molecule has 1 aromatic carbocycles. The molecule has 0 aliphatic rings. The van der Waals surface area contributed by atoms with Crippen LogP contribution in [0.4, 0.5) is 0 Å². The Morgan fingerprint density at radius 3 is 1.90 bits per heavy atom. The summed E-state index contributed by atoms with van der Waals surface area (Å²) in [6, 6.07) is 8.00. The van der Waals surface area contributed by atoms with Crippen LogP contribution in [0.5, 0.6) is 11.5 Å². The lowest BCUT2D eigenvalue weighted by molar-refractivity contribution is 0.282. The van der Waals surface area contributed by atoms with Gasteiger partial charge in [-0.15, -0.1) is 0 Å². The van der Waals surface area contributed by atoms with Crippen LogP contribution >= 0.6 is 0 Å². The first-order valence-electron chi connectivity index (χ1n) is 12.4. The molecule has 0 saturated heterocycles. The average Bonchev–Trinajstić information content (AvgIpc) is 2.81. The summed E-state index contributed by atoms with van der Waals surface area (Å²) >= 11 is 0. The second kappa shape index (κ2) is 15.7. The van der Waals surface area contributed by atoms with Gasteiger partial charge in [0, 0.05) is 5.56 Å². The maximum absolute atomic E-state index is 5.83. The molecule has 1 heterocycles. The summed E-state index contributed by atoms with van der Waals surface area (Å²) in [4.78, 5) is 8.92. The van der Waals surface area contributed by atoms with Crippen molar-refractivity contribution in [3.63, 3.8) is 0 Å². The first kappa shape index (κ1) is 25.2. The van der Waals surface area contributed by atoms with E-state index in [4.69, 9.17) is 9.47 Å². The second-order valence-electron chi connectivity index (χ2n) is 8.59. The van der Waals surface area contributed by atoms with Crippen LogP contribution in [0.3, 0.4) is 0 Å². The SMILES string of the molecule is CCCCCCCCCCCOc1cnc(-c2ccc(OCCC(C)CC)cc2)nc1. The highest BCUT2D eigenvalue weighted by atomic mass is 16.5. The predicted molar refractivity (Wildman–Crippen MR) is 130 cm³/mol. The van der Waals surface area contributed by atoms with E-state index >= 15 is 0 Å². The third kappa shape index (κ3) is 10.7. The smallest absolute Gasteiger partial charge is 0.159 e. The fourth-order valence-electron chi connectivity index (χ4n) is 3.42. The molecule has 0 saturated carbocycles. The highest BCUT2D eigenvalue weighted by Crippen LogP contribution is 2.21. The van der Waals surface area contributed by atoms with Gasteiger partial charge in [-0.3, -0.25) is 0 Å². The van der Waals surface area contributed by atoms with E-state index in [0.717, 1.165) is 43.1 Å². The normalized spacial score (nSPS) is 12.0. The maximum Gasteiger partial charge on any atom is 0.159 e. The molecule has 0 amide bonds. The Morgan fingerprint density at radius 1 is 0.710 bits per heavy atom. The van der Waals surface area contributed by atoms with Crippen molar-refractivity contribution in [1.29, 1.82) is 0 Å². The summed E-state index contributed by atoms with van der Waals surface area (Å²) in [5.41, 5.74) is 0.986. The van der Waals surface area contributed by atoms with Crippen LogP contribution in [-0.4, -0.2) is 23.2 Å². The number of aromatic nitrogens is 2. The molecule has 1 aromatic heterocycles. The monoisotopic (exact) mass is 426 g/mol. The molecule has 1 unspecified atom stereocenters. The van der Waals surface area contributed by atoms with Gasteiger partial charge in [0.2, 0.25) is 0 Å². The fourth-order valence-corrected chi connectivity index (χ4v) is 3.42. The number of rotatable bonds is 17. The van der Waals surface area contributed by atoms with Crippen molar-refractivity contribution in [2.45, 2.75) is 91.4 Å². The molecule has 0 N–H and O–H groups in total. The maximum atomic E-state index is 5.83. The van der Waals surface area contributed by atoms with E-state index < -0.39 is 0 Å². The van der Waals surface area contributed by atoms with Crippen LogP contribution in [-0.2, 0) is 0 Å². The Hall–Kier alpha value is -2.10. The zero-order valence-corrected chi connectivity index (χ0v) is 19.9. The molecule has 0 spiro atoms. The van der Waals surface area contributed by atoms with Crippen molar-refractivity contribution < 1.29 is 9.47 Å². The van der Waals surface area contributed by atoms with Crippen molar-refractivity contribution in [2.24, 2.45) is 5.92 Å². The standard InChI is InChI=1S/C27H42N2O2/c1-4-6-7-8-9-10-11-12-13-19-30-26-21-28-27(29-22-26)24-14-16-25(17-15-24)31-20-18-23(3)5-2/h14-17,21-23H,4-13,18-20H2,1-3H3. The minimum absolute atomic E-state index is 0.703. The molecule has 0 radical (unpaired) electrons. The quantitative estimate of drug-likeness (QED) is 0.241. The molecular weight excluding hydrogens is 384 g/mol. The van der Waals surface area contributed by atoms with Crippen molar-refractivity contribution in [3.8, 4) is 22.9 Å². The van der Waals surface area contributed by atoms with Crippen LogP contribution in [0.1, 0.15) is 91.4 Å². The molecule has 2 aromatic rings. The van der Waals surface area contributed by atoms with Crippen LogP contribution in [0.2, 0.25) is 0 Å². The fraction of sp³-hybridized carbons (Fsp3) is 0.630. The number of nitrogens with zero attached hydrogens (tertiary/aromatic N) is 2. The van der Waals surface area contributed by atoms with Gasteiger partial charge >= 0.3 is 0 Å². The van der Waals surface area contributed by atoms with Crippen molar-refractivity contribution >= 4 is 0 Å². The zero-order chi connectivity index (χ0) is 22.2. The molecule has 4 heteroatoms.